The van der Waals surface area contributed by atoms with E-state index in [1.807, 2.05) is 18.4 Å². The van der Waals surface area contributed by atoms with E-state index >= 15 is 0 Å². The summed E-state index contributed by atoms with van der Waals surface area (Å²) in [5, 5.41) is 2.94. The lowest BCUT2D eigenvalue weighted by atomic mass is 10.4. The van der Waals surface area contributed by atoms with Crippen LogP contribution in [-0.4, -0.2) is 6.26 Å². The molecule has 0 aliphatic rings. The largest absolute Gasteiger partial charge is 0.130 e. The molecule has 0 aliphatic heterocycles. The molecule has 0 fully saturated rings. The molecule has 1 aromatic heterocycles. The van der Waals surface area contributed by atoms with Gasteiger partial charge >= 0.3 is 0 Å². The zero-order valence-electron chi connectivity index (χ0n) is 6.06. The number of thiophene rings is 1. The van der Waals surface area contributed by atoms with Crippen LogP contribution >= 0.6 is 34.7 Å². The normalized spacial score (nSPS) is 8.91. The standard InChI is InChI=1S/C8H7ClS2/c1-10-5-4-7-2-3-8(6-9)11-7/h2-3H,6H2,1H3. The Morgan fingerprint density at radius 1 is 1.64 bits per heavy atom. The fraction of sp³-hybridized carbons (Fsp3) is 0.250. The summed E-state index contributed by atoms with van der Waals surface area (Å²) in [6.07, 6.45) is 1.96. The van der Waals surface area contributed by atoms with Crippen LogP contribution in [0.25, 0.3) is 0 Å². The van der Waals surface area contributed by atoms with E-state index in [0.717, 1.165) is 4.88 Å². The fourth-order valence-electron chi connectivity index (χ4n) is 0.618. The first kappa shape index (κ1) is 8.99. The number of hydrogen-bond acceptors (Lipinski definition) is 2. The van der Waals surface area contributed by atoms with E-state index in [0.29, 0.717) is 5.88 Å². The molecule has 58 valence electrons. The highest BCUT2D eigenvalue weighted by atomic mass is 35.5. The van der Waals surface area contributed by atoms with Crippen LogP contribution in [0.3, 0.4) is 0 Å². The molecule has 1 rings (SSSR count). The van der Waals surface area contributed by atoms with Crippen molar-refractivity contribution >= 4 is 34.7 Å². The van der Waals surface area contributed by atoms with Crippen molar-refractivity contribution in [2.24, 2.45) is 0 Å². The number of thioether (sulfide) groups is 1. The van der Waals surface area contributed by atoms with E-state index in [4.69, 9.17) is 11.6 Å². The minimum atomic E-state index is 0.589. The summed E-state index contributed by atoms with van der Waals surface area (Å²) >= 11 is 8.81. The van der Waals surface area contributed by atoms with Gasteiger partial charge in [-0.2, -0.15) is 0 Å². The second kappa shape index (κ2) is 4.71. The summed E-state index contributed by atoms with van der Waals surface area (Å²) in [5.74, 6) is 3.61. The van der Waals surface area contributed by atoms with Crippen molar-refractivity contribution in [3.05, 3.63) is 21.9 Å². The molecule has 0 spiro atoms. The van der Waals surface area contributed by atoms with Gasteiger partial charge in [-0.05, 0) is 29.6 Å². The molecular weight excluding hydrogens is 196 g/mol. The molecule has 0 nitrogen and oxygen atoms in total. The summed E-state index contributed by atoms with van der Waals surface area (Å²) in [4.78, 5) is 2.27. The summed E-state index contributed by atoms with van der Waals surface area (Å²) in [6.45, 7) is 0. The SMILES string of the molecule is CSC#Cc1ccc(CCl)s1. The van der Waals surface area contributed by atoms with Crippen LogP contribution in [0.2, 0.25) is 0 Å². The van der Waals surface area contributed by atoms with Crippen LogP contribution in [0, 0.1) is 11.2 Å². The molecule has 0 N–H and O–H groups in total. The summed E-state index contributed by atoms with van der Waals surface area (Å²) in [7, 11) is 0. The Labute approximate surface area is 80.0 Å². The predicted octanol–water partition coefficient (Wildman–Crippen LogP) is 3.16. The van der Waals surface area contributed by atoms with Crippen molar-refractivity contribution in [2.45, 2.75) is 5.88 Å². The first-order valence-electron chi connectivity index (χ1n) is 3.05. The van der Waals surface area contributed by atoms with Gasteiger partial charge in [0.1, 0.15) is 0 Å². The Morgan fingerprint density at radius 2 is 2.45 bits per heavy atom. The smallest absolute Gasteiger partial charge is 0.0780 e. The first-order chi connectivity index (χ1) is 5.36. The van der Waals surface area contributed by atoms with Gasteiger partial charge in [-0.1, -0.05) is 11.8 Å². The summed E-state index contributed by atoms with van der Waals surface area (Å²) in [6, 6.07) is 4.02. The minimum Gasteiger partial charge on any atom is -0.130 e. The van der Waals surface area contributed by atoms with E-state index in [-0.39, 0.29) is 0 Å². The third-order valence-corrected chi connectivity index (χ3v) is 2.82. The van der Waals surface area contributed by atoms with Crippen molar-refractivity contribution < 1.29 is 0 Å². The molecule has 1 aromatic rings. The number of alkyl halides is 1. The Bertz CT molecular complexity index is 280. The van der Waals surface area contributed by atoms with Gasteiger partial charge in [0.25, 0.3) is 0 Å². The van der Waals surface area contributed by atoms with Crippen molar-refractivity contribution in [2.75, 3.05) is 6.26 Å². The van der Waals surface area contributed by atoms with Gasteiger partial charge in [0.05, 0.1) is 10.8 Å². The maximum absolute atomic E-state index is 5.63. The third kappa shape index (κ3) is 2.78. The highest BCUT2D eigenvalue weighted by molar-refractivity contribution is 8.03. The maximum atomic E-state index is 5.63. The van der Waals surface area contributed by atoms with Crippen LogP contribution in [0.5, 0.6) is 0 Å². The summed E-state index contributed by atoms with van der Waals surface area (Å²) < 4.78 is 0. The lowest BCUT2D eigenvalue weighted by Gasteiger charge is -1.79. The number of rotatable bonds is 1. The Hall–Kier alpha value is -0.100. The van der Waals surface area contributed by atoms with Crippen molar-refractivity contribution in [1.29, 1.82) is 0 Å². The Balaban J connectivity index is 2.72. The molecule has 0 amide bonds. The van der Waals surface area contributed by atoms with E-state index in [1.165, 1.54) is 16.6 Å². The molecule has 11 heavy (non-hydrogen) atoms. The van der Waals surface area contributed by atoms with E-state index in [2.05, 4.69) is 11.2 Å². The number of hydrogen-bond donors (Lipinski definition) is 0. The van der Waals surface area contributed by atoms with Gasteiger partial charge in [0.15, 0.2) is 0 Å². The van der Waals surface area contributed by atoms with Gasteiger partial charge in [-0.25, -0.2) is 0 Å². The van der Waals surface area contributed by atoms with Crippen LogP contribution in [0.1, 0.15) is 9.75 Å². The van der Waals surface area contributed by atoms with Crippen molar-refractivity contribution in [3.63, 3.8) is 0 Å². The Kier molecular flexibility index (Phi) is 3.85. The van der Waals surface area contributed by atoms with Gasteiger partial charge in [-0.3, -0.25) is 0 Å². The fourth-order valence-corrected chi connectivity index (χ4v) is 1.86. The molecule has 0 bridgehead atoms. The zero-order chi connectivity index (χ0) is 8.10. The highest BCUT2D eigenvalue weighted by Crippen LogP contribution is 2.17. The van der Waals surface area contributed by atoms with Gasteiger partial charge in [-0.15, -0.1) is 22.9 Å². The van der Waals surface area contributed by atoms with Crippen LogP contribution < -0.4 is 0 Å². The van der Waals surface area contributed by atoms with E-state index in [9.17, 15) is 0 Å². The number of halogens is 1. The molecule has 0 radical (unpaired) electrons. The monoisotopic (exact) mass is 202 g/mol. The second-order valence-electron chi connectivity index (χ2n) is 1.83. The molecule has 0 aliphatic carbocycles. The average Bonchev–Trinajstić information content (AvgIpc) is 2.48. The average molecular weight is 203 g/mol. The highest BCUT2D eigenvalue weighted by Gasteiger charge is 1.93. The molecule has 0 saturated heterocycles. The Morgan fingerprint density at radius 3 is 3.00 bits per heavy atom. The van der Waals surface area contributed by atoms with E-state index < -0.39 is 0 Å². The molecule has 1 heterocycles. The van der Waals surface area contributed by atoms with Gasteiger partial charge < -0.3 is 0 Å². The molecule has 0 atom stereocenters. The molecule has 0 saturated carbocycles. The third-order valence-electron chi connectivity index (χ3n) is 1.07. The molecule has 0 aromatic carbocycles. The lowest BCUT2D eigenvalue weighted by Crippen LogP contribution is -1.59. The van der Waals surface area contributed by atoms with Crippen LogP contribution in [-0.2, 0) is 5.88 Å². The van der Waals surface area contributed by atoms with E-state index in [1.54, 1.807) is 11.3 Å². The zero-order valence-corrected chi connectivity index (χ0v) is 8.45. The summed E-state index contributed by atoms with van der Waals surface area (Å²) in [5.41, 5.74) is 0. The minimum absolute atomic E-state index is 0.589. The maximum Gasteiger partial charge on any atom is 0.0780 e. The lowest BCUT2D eigenvalue weighted by molar-refractivity contribution is 1.53. The van der Waals surface area contributed by atoms with Gasteiger partial charge in [0, 0.05) is 4.88 Å². The molecule has 0 unspecified atom stereocenters. The van der Waals surface area contributed by atoms with Crippen molar-refractivity contribution in [3.8, 4) is 11.2 Å². The predicted molar refractivity (Wildman–Crippen MR) is 54.3 cm³/mol. The van der Waals surface area contributed by atoms with Crippen LogP contribution in [0.4, 0.5) is 0 Å². The molecular formula is C8H7ClS2. The quantitative estimate of drug-likeness (QED) is 0.498. The second-order valence-corrected chi connectivity index (χ2v) is 3.88. The van der Waals surface area contributed by atoms with Crippen LogP contribution in [0.15, 0.2) is 12.1 Å². The topological polar surface area (TPSA) is 0 Å². The van der Waals surface area contributed by atoms with Gasteiger partial charge in [0.2, 0.25) is 0 Å². The molecule has 3 heteroatoms. The first-order valence-corrected chi connectivity index (χ1v) is 5.63. The van der Waals surface area contributed by atoms with Crippen molar-refractivity contribution in [1.82, 2.24) is 0 Å².